The molecule has 1 aliphatic rings. The van der Waals surface area contributed by atoms with Crippen LogP contribution in [0.25, 0.3) is 0 Å². The van der Waals surface area contributed by atoms with Crippen molar-refractivity contribution >= 4 is 28.8 Å². The van der Waals surface area contributed by atoms with E-state index in [0.29, 0.717) is 11.4 Å². The molecule has 0 radical (unpaired) electrons. The van der Waals surface area contributed by atoms with Gasteiger partial charge in [0.15, 0.2) is 6.61 Å². The summed E-state index contributed by atoms with van der Waals surface area (Å²) in [7, 11) is 0. The molecule has 0 spiro atoms. The molecule has 0 fully saturated rings. The molecule has 1 atom stereocenters. The summed E-state index contributed by atoms with van der Waals surface area (Å²) in [5, 5.41) is 7.65. The second kappa shape index (κ2) is 5.81. The lowest BCUT2D eigenvalue weighted by Crippen LogP contribution is -2.28. The Balaban J connectivity index is 1.76. The van der Waals surface area contributed by atoms with Gasteiger partial charge in [-0.2, -0.15) is 0 Å². The van der Waals surface area contributed by atoms with E-state index in [-0.39, 0.29) is 24.5 Å². The Kier molecular flexibility index (Phi) is 3.85. The zero-order valence-corrected chi connectivity index (χ0v) is 13.1. The number of aryl methyl sites for hydroxylation is 1. The van der Waals surface area contributed by atoms with Gasteiger partial charge in [0, 0.05) is 0 Å². The maximum absolute atomic E-state index is 12.3. The molecule has 0 saturated heterocycles. The first kappa shape index (κ1) is 14.6. The van der Waals surface area contributed by atoms with Crippen LogP contribution in [-0.4, -0.2) is 18.4 Å². The first-order chi connectivity index (χ1) is 10.5. The number of carbonyl (C=O) groups excluding carboxylic acids is 2. The van der Waals surface area contributed by atoms with Crippen LogP contribution in [-0.2, 0) is 4.79 Å². The van der Waals surface area contributed by atoms with Crippen LogP contribution in [0.2, 0.25) is 0 Å². The van der Waals surface area contributed by atoms with Crippen molar-refractivity contribution in [3.05, 3.63) is 45.6 Å². The lowest BCUT2D eigenvalue weighted by atomic mass is 10.1. The molecular weight excluding hydrogens is 300 g/mol. The maximum Gasteiger partial charge on any atom is 0.262 e. The van der Waals surface area contributed by atoms with E-state index in [1.54, 1.807) is 0 Å². The van der Waals surface area contributed by atoms with E-state index in [2.05, 4.69) is 10.6 Å². The molecule has 3 rings (SSSR count). The van der Waals surface area contributed by atoms with Crippen LogP contribution in [0.4, 0.5) is 5.69 Å². The Morgan fingerprint density at radius 2 is 2.23 bits per heavy atom. The van der Waals surface area contributed by atoms with Gasteiger partial charge in [0.1, 0.15) is 5.75 Å². The lowest BCUT2D eigenvalue weighted by molar-refractivity contribution is -0.118. The maximum atomic E-state index is 12.3. The molecule has 114 valence electrons. The van der Waals surface area contributed by atoms with Crippen LogP contribution in [0.3, 0.4) is 0 Å². The number of hydrogen-bond acceptors (Lipinski definition) is 4. The number of nitrogens with one attached hydrogen (secondary N) is 2. The van der Waals surface area contributed by atoms with E-state index in [0.717, 1.165) is 16.0 Å². The molecule has 1 aromatic carbocycles. The van der Waals surface area contributed by atoms with E-state index < -0.39 is 0 Å². The summed E-state index contributed by atoms with van der Waals surface area (Å²) < 4.78 is 5.33. The number of anilines is 1. The number of thiophene rings is 1. The van der Waals surface area contributed by atoms with Gasteiger partial charge in [-0.05, 0) is 48.6 Å². The minimum absolute atomic E-state index is 0.0380. The zero-order chi connectivity index (χ0) is 15.7. The van der Waals surface area contributed by atoms with Crippen LogP contribution in [0, 0.1) is 6.92 Å². The predicted molar refractivity (Wildman–Crippen MR) is 85.5 cm³/mol. The summed E-state index contributed by atoms with van der Waals surface area (Å²) in [6.07, 6.45) is 0. The number of hydrogen-bond donors (Lipinski definition) is 2. The Hall–Kier alpha value is -2.34. The van der Waals surface area contributed by atoms with E-state index in [4.69, 9.17) is 4.74 Å². The summed E-state index contributed by atoms with van der Waals surface area (Å²) in [6.45, 7) is 3.87. The Bertz CT molecular complexity index is 739. The smallest absolute Gasteiger partial charge is 0.262 e. The molecule has 1 unspecified atom stereocenters. The topological polar surface area (TPSA) is 67.4 Å². The normalized spacial score (nSPS) is 14.5. The molecule has 1 aliphatic heterocycles. The van der Waals surface area contributed by atoms with E-state index in [1.165, 1.54) is 11.3 Å². The molecule has 5 nitrogen and oxygen atoms in total. The molecule has 2 aromatic rings. The second-order valence-electron chi connectivity index (χ2n) is 5.22. The van der Waals surface area contributed by atoms with Crippen molar-refractivity contribution in [3.8, 4) is 5.75 Å². The predicted octanol–water partition coefficient (Wildman–Crippen LogP) is 2.88. The quantitative estimate of drug-likeness (QED) is 0.915. The van der Waals surface area contributed by atoms with Crippen LogP contribution >= 0.6 is 11.3 Å². The van der Waals surface area contributed by atoms with Gasteiger partial charge < -0.3 is 15.4 Å². The minimum atomic E-state index is -0.171. The Morgan fingerprint density at radius 3 is 2.95 bits per heavy atom. The molecule has 0 aliphatic carbocycles. The number of benzene rings is 1. The number of amides is 2. The molecular formula is C16H16N2O3S. The highest BCUT2D eigenvalue weighted by atomic mass is 32.1. The fourth-order valence-corrected chi connectivity index (χ4v) is 3.15. The van der Waals surface area contributed by atoms with Crippen molar-refractivity contribution in [1.29, 1.82) is 0 Å². The summed E-state index contributed by atoms with van der Waals surface area (Å²) in [5.41, 5.74) is 2.52. The fourth-order valence-electron chi connectivity index (χ4n) is 2.32. The van der Waals surface area contributed by atoms with Crippen LogP contribution in [0.1, 0.15) is 33.8 Å². The number of rotatable bonds is 3. The highest BCUT2D eigenvalue weighted by Gasteiger charge is 2.19. The summed E-state index contributed by atoms with van der Waals surface area (Å²) in [4.78, 5) is 24.4. The number of carbonyl (C=O) groups is 2. The summed E-state index contributed by atoms with van der Waals surface area (Å²) in [6, 6.07) is 7.29. The van der Waals surface area contributed by atoms with Gasteiger partial charge >= 0.3 is 0 Å². The van der Waals surface area contributed by atoms with E-state index >= 15 is 0 Å². The number of fused-ring (bicyclic) bond motifs is 1. The third kappa shape index (κ3) is 2.82. The monoisotopic (exact) mass is 316 g/mol. The van der Waals surface area contributed by atoms with Gasteiger partial charge in [0.05, 0.1) is 16.6 Å². The minimum Gasteiger partial charge on any atom is -0.482 e. The lowest BCUT2D eigenvalue weighted by Gasteiger charge is -2.21. The molecule has 0 saturated carbocycles. The zero-order valence-electron chi connectivity index (χ0n) is 12.3. The van der Waals surface area contributed by atoms with Crippen LogP contribution in [0.5, 0.6) is 5.75 Å². The highest BCUT2D eigenvalue weighted by Crippen LogP contribution is 2.30. The van der Waals surface area contributed by atoms with Crippen LogP contribution < -0.4 is 15.4 Å². The molecule has 1 aromatic heterocycles. The van der Waals surface area contributed by atoms with Gasteiger partial charge in [0.25, 0.3) is 11.8 Å². The Morgan fingerprint density at radius 1 is 1.41 bits per heavy atom. The molecule has 2 N–H and O–H groups in total. The third-order valence-electron chi connectivity index (χ3n) is 3.55. The second-order valence-corrected chi connectivity index (χ2v) is 6.14. The van der Waals surface area contributed by atoms with Crippen molar-refractivity contribution in [2.45, 2.75) is 19.9 Å². The van der Waals surface area contributed by atoms with Crippen molar-refractivity contribution in [3.63, 3.8) is 0 Å². The highest BCUT2D eigenvalue weighted by molar-refractivity contribution is 7.12. The van der Waals surface area contributed by atoms with E-state index in [1.807, 2.05) is 43.5 Å². The summed E-state index contributed by atoms with van der Waals surface area (Å²) in [5.74, 6) is 0.393. The first-order valence-corrected chi connectivity index (χ1v) is 7.84. The van der Waals surface area contributed by atoms with E-state index in [9.17, 15) is 9.59 Å². The molecule has 22 heavy (non-hydrogen) atoms. The average molecular weight is 316 g/mol. The number of ether oxygens (including phenoxy) is 1. The van der Waals surface area contributed by atoms with Crippen molar-refractivity contribution in [2.75, 3.05) is 11.9 Å². The van der Waals surface area contributed by atoms with Crippen molar-refractivity contribution in [1.82, 2.24) is 5.32 Å². The molecule has 2 heterocycles. The van der Waals surface area contributed by atoms with Crippen molar-refractivity contribution < 1.29 is 14.3 Å². The van der Waals surface area contributed by atoms with Gasteiger partial charge in [-0.15, -0.1) is 11.3 Å². The van der Waals surface area contributed by atoms with Gasteiger partial charge in [-0.25, -0.2) is 0 Å². The largest absolute Gasteiger partial charge is 0.482 e. The van der Waals surface area contributed by atoms with Gasteiger partial charge in [-0.3, -0.25) is 9.59 Å². The fraction of sp³-hybridized carbons (Fsp3) is 0.250. The van der Waals surface area contributed by atoms with Crippen LogP contribution in [0.15, 0.2) is 29.6 Å². The molecule has 6 heteroatoms. The van der Waals surface area contributed by atoms with Gasteiger partial charge in [-0.1, -0.05) is 6.07 Å². The first-order valence-electron chi connectivity index (χ1n) is 6.96. The third-order valence-corrected chi connectivity index (χ3v) is 4.57. The SMILES string of the molecule is Cc1ccsc1C(=O)NC(C)c1ccc2c(c1)NC(=O)CO2. The molecule has 0 bridgehead atoms. The summed E-state index contributed by atoms with van der Waals surface area (Å²) >= 11 is 1.43. The standard InChI is InChI=1S/C16H16N2O3S/c1-9-5-6-22-15(9)16(20)17-10(2)11-3-4-13-12(7-11)18-14(19)8-21-13/h3-7,10H,8H2,1-2H3,(H,17,20)(H,18,19). The molecule has 2 amide bonds. The average Bonchev–Trinajstić information content (AvgIpc) is 2.92. The van der Waals surface area contributed by atoms with Crippen molar-refractivity contribution in [2.24, 2.45) is 0 Å². The Labute approximate surface area is 132 Å². The van der Waals surface area contributed by atoms with Gasteiger partial charge in [0.2, 0.25) is 0 Å².